The Kier molecular flexibility index (Phi) is 7.29. The Hall–Kier alpha value is -2.04. The van der Waals surface area contributed by atoms with Crippen LogP contribution >= 0.6 is 0 Å². The summed E-state index contributed by atoms with van der Waals surface area (Å²) in [6.45, 7) is 6.50. The van der Waals surface area contributed by atoms with Gasteiger partial charge >= 0.3 is 11.8 Å². The first-order valence-electron chi connectivity index (χ1n) is 7.38. The summed E-state index contributed by atoms with van der Waals surface area (Å²) in [5.74, 6) is -0.523. The first-order chi connectivity index (χ1) is 10.0. The van der Waals surface area contributed by atoms with Crippen LogP contribution in [0.3, 0.4) is 0 Å². The first-order valence-corrected chi connectivity index (χ1v) is 7.38. The predicted molar refractivity (Wildman–Crippen MR) is 83.4 cm³/mol. The minimum absolute atomic E-state index is 0.0966. The average molecular weight is 292 g/mol. The molecule has 0 fully saturated rings. The van der Waals surface area contributed by atoms with Gasteiger partial charge in [-0.15, -0.1) is 0 Å². The molecule has 1 rings (SSSR count). The van der Waals surface area contributed by atoms with Crippen LogP contribution in [0.4, 0.5) is 5.69 Å². The SMILES string of the molecule is CCCCCNC(=O)C(=O)Nc1ccc(OC(C)C)cc1. The van der Waals surface area contributed by atoms with E-state index in [-0.39, 0.29) is 6.10 Å². The van der Waals surface area contributed by atoms with Crippen molar-refractivity contribution < 1.29 is 14.3 Å². The van der Waals surface area contributed by atoms with Gasteiger partial charge in [-0.3, -0.25) is 9.59 Å². The normalized spacial score (nSPS) is 10.3. The maximum Gasteiger partial charge on any atom is 0.313 e. The summed E-state index contributed by atoms with van der Waals surface area (Å²) in [5.41, 5.74) is 0.569. The fourth-order valence-corrected chi connectivity index (χ4v) is 1.73. The molecule has 1 aromatic rings. The van der Waals surface area contributed by atoms with E-state index in [1.807, 2.05) is 13.8 Å². The molecule has 0 radical (unpaired) electrons. The minimum Gasteiger partial charge on any atom is -0.491 e. The van der Waals surface area contributed by atoms with Crippen molar-refractivity contribution in [3.63, 3.8) is 0 Å². The molecule has 0 heterocycles. The molecule has 0 saturated heterocycles. The molecular formula is C16H24N2O3. The molecule has 1 aromatic carbocycles. The van der Waals surface area contributed by atoms with Crippen molar-refractivity contribution >= 4 is 17.5 Å². The number of hydrogen-bond acceptors (Lipinski definition) is 3. The third-order valence-corrected chi connectivity index (χ3v) is 2.76. The van der Waals surface area contributed by atoms with Crippen molar-refractivity contribution in [1.82, 2.24) is 5.32 Å². The van der Waals surface area contributed by atoms with Crippen LogP contribution in [0.5, 0.6) is 5.75 Å². The number of hydrogen-bond donors (Lipinski definition) is 2. The zero-order valence-corrected chi connectivity index (χ0v) is 12.9. The van der Waals surface area contributed by atoms with E-state index >= 15 is 0 Å². The van der Waals surface area contributed by atoms with E-state index in [1.54, 1.807) is 24.3 Å². The molecule has 116 valence electrons. The second-order valence-corrected chi connectivity index (χ2v) is 5.11. The van der Waals surface area contributed by atoms with Crippen LogP contribution in [0, 0.1) is 0 Å². The van der Waals surface area contributed by atoms with Crippen molar-refractivity contribution in [3.05, 3.63) is 24.3 Å². The first kappa shape index (κ1) is 17.0. The van der Waals surface area contributed by atoms with Gasteiger partial charge in [0.25, 0.3) is 0 Å². The molecule has 0 aliphatic carbocycles. The fraction of sp³-hybridized carbons (Fsp3) is 0.500. The highest BCUT2D eigenvalue weighted by molar-refractivity contribution is 6.39. The van der Waals surface area contributed by atoms with Crippen molar-refractivity contribution in [2.75, 3.05) is 11.9 Å². The lowest BCUT2D eigenvalue weighted by molar-refractivity contribution is -0.136. The van der Waals surface area contributed by atoms with Crippen molar-refractivity contribution in [3.8, 4) is 5.75 Å². The number of amides is 2. The molecule has 0 saturated carbocycles. The van der Waals surface area contributed by atoms with Gasteiger partial charge in [-0.05, 0) is 44.5 Å². The summed E-state index contributed by atoms with van der Waals surface area (Å²) in [7, 11) is 0. The molecule has 5 nitrogen and oxygen atoms in total. The molecule has 0 aromatic heterocycles. The maximum atomic E-state index is 11.7. The summed E-state index contributed by atoms with van der Waals surface area (Å²) in [4.78, 5) is 23.3. The van der Waals surface area contributed by atoms with Gasteiger partial charge in [0.15, 0.2) is 0 Å². The number of nitrogens with one attached hydrogen (secondary N) is 2. The van der Waals surface area contributed by atoms with Crippen LogP contribution < -0.4 is 15.4 Å². The average Bonchev–Trinajstić information content (AvgIpc) is 2.45. The number of unbranched alkanes of at least 4 members (excludes halogenated alkanes) is 2. The summed E-state index contributed by atoms with van der Waals surface area (Å²) in [6.07, 6.45) is 3.10. The third kappa shape index (κ3) is 6.79. The summed E-state index contributed by atoms with van der Waals surface area (Å²) >= 11 is 0. The van der Waals surface area contributed by atoms with E-state index in [1.165, 1.54) is 0 Å². The van der Waals surface area contributed by atoms with Gasteiger partial charge in [0.2, 0.25) is 0 Å². The van der Waals surface area contributed by atoms with Crippen molar-refractivity contribution in [2.45, 2.75) is 46.1 Å². The Bertz CT molecular complexity index is 455. The van der Waals surface area contributed by atoms with E-state index in [0.717, 1.165) is 25.0 Å². The highest BCUT2D eigenvalue weighted by Gasteiger charge is 2.12. The number of carbonyl (C=O) groups is 2. The molecule has 0 spiro atoms. The second kappa shape index (κ2) is 9.00. The topological polar surface area (TPSA) is 67.4 Å². The molecule has 0 aliphatic heterocycles. The lowest BCUT2D eigenvalue weighted by Crippen LogP contribution is -2.35. The Morgan fingerprint density at radius 3 is 2.33 bits per heavy atom. The predicted octanol–water partition coefficient (Wildman–Crippen LogP) is 2.72. The van der Waals surface area contributed by atoms with Crippen LogP contribution in [-0.2, 0) is 9.59 Å². The standard InChI is InChI=1S/C16H24N2O3/c1-4-5-6-11-17-15(19)16(20)18-13-7-9-14(10-8-13)21-12(2)3/h7-10,12H,4-6,11H2,1-3H3,(H,17,19)(H,18,20). The monoisotopic (exact) mass is 292 g/mol. The molecule has 0 aliphatic rings. The number of anilines is 1. The Morgan fingerprint density at radius 2 is 1.76 bits per heavy atom. The van der Waals surface area contributed by atoms with Crippen molar-refractivity contribution in [1.29, 1.82) is 0 Å². The van der Waals surface area contributed by atoms with Crippen molar-refractivity contribution in [2.24, 2.45) is 0 Å². The fourth-order valence-electron chi connectivity index (χ4n) is 1.73. The number of benzene rings is 1. The van der Waals surface area contributed by atoms with Gasteiger partial charge in [0.1, 0.15) is 5.75 Å². The highest BCUT2D eigenvalue weighted by Crippen LogP contribution is 2.16. The third-order valence-electron chi connectivity index (χ3n) is 2.76. The van der Waals surface area contributed by atoms with E-state index in [9.17, 15) is 9.59 Å². The molecule has 0 unspecified atom stereocenters. The van der Waals surface area contributed by atoms with E-state index < -0.39 is 11.8 Å². The van der Waals surface area contributed by atoms with E-state index in [4.69, 9.17) is 4.74 Å². The lowest BCUT2D eigenvalue weighted by Gasteiger charge is -2.10. The maximum absolute atomic E-state index is 11.7. The second-order valence-electron chi connectivity index (χ2n) is 5.11. The summed E-state index contributed by atoms with van der Waals surface area (Å²) in [5, 5.41) is 5.16. The van der Waals surface area contributed by atoms with Gasteiger partial charge in [0.05, 0.1) is 6.10 Å². The molecule has 2 N–H and O–H groups in total. The summed E-state index contributed by atoms with van der Waals surface area (Å²) in [6, 6.07) is 6.93. The lowest BCUT2D eigenvalue weighted by atomic mass is 10.2. The molecule has 0 atom stereocenters. The van der Waals surface area contributed by atoms with Crippen LogP contribution in [0.2, 0.25) is 0 Å². The van der Waals surface area contributed by atoms with Crippen LogP contribution in [0.25, 0.3) is 0 Å². The molecule has 21 heavy (non-hydrogen) atoms. The smallest absolute Gasteiger partial charge is 0.313 e. The molecular weight excluding hydrogens is 268 g/mol. The molecule has 2 amide bonds. The quantitative estimate of drug-likeness (QED) is 0.600. The van der Waals surface area contributed by atoms with Gasteiger partial charge in [-0.1, -0.05) is 19.8 Å². The van der Waals surface area contributed by atoms with Crippen LogP contribution in [-0.4, -0.2) is 24.5 Å². The summed E-state index contributed by atoms with van der Waals surface area (Å²) < 4.78 is 5.51. The zero-order valence-electron chi connectivity index (χ0n) is 12.9. The van der Waals surface area contributed by atoms with Gasteiger partial charge in [-0.2, -0.15) is 0 Å². The minimum atomic E-state index is -0.649. The number of rotatable bonds is 7. The number of ether oxygens (including phenoxy) is 1. The number of carbonyl (C=O) groups excluding carboxylic acids is 2. The van der Waals surface area contributed by atoms with Gasteiger partial charge in [0, 0.05) is 12.2 Å². The highest BCUT2D eigenvalue weighted by atomic mass is 16.5. The van der Waals surface area contributed by atoms with Gasteiger partial charge in [-0.25, -0.2) is 0 Å². The Morgan fingerprint density at radius 1 is 1.10 bits per heavy atom. The molecule has 5 heteroatoms. The molecule has 0 bridgehead atoms. The van der Waals surface area contributed by atoms with Crippen LogP contribution in [0.1, 0.15) is 40.0 Å². The Labute approximate surface area is 126 Å². The largest absolute Gasteiger partial charge is 0.491 e. The van der Waals surface area contributed by atoms with E-state index in [2.05, 4.69) is 17.6 Å². The zero-order chi connectivity index (χ0) is 15.7. The van der Waals surface area contributed by atoms with Gasteiger partial charge < -0.3 is 15.4 Å². The Balaban J connectivity index is 2.41. The van der Waals surface area contributed by atoms with E-state index in [0.29, 0.717) is 12.2 Å². The van der Waals surface area contributed by atoms with Crippen LogP contribution in [0.15, 0.2) is 24.3 Å².